The van der Waals surface area contributed by atoms with Crippen molar-refractivity contribution in [3.63, 3.8) is 0 Å². The lowest BCUT2D eigenvalue weighted by Gasteiger charge is -2.35. The highest BCUT2D eigenvalue weighted by Crippen LogP contribution is 2.16. The van der Waals surface area contributed by atoms with Gasteiger partial charge in [-0.1, -0.05) is 11.6 Å². The summed E-state index contributed by atoms with van der Waals surface area (Å²) in [6.07, 6.45) is 1.70. The lowest BCUT2D eigenvalue weighted by Crippen LogP contribution is -2.50. The van der Waals surface area contributed by atoms with E-state index in [0.717, 1.165) is 18.8 Å². The molecule has 2 aromatic rings. The SMILES string of the molecule is O=C(COc1ccc(Cl)cc1)N1CCN(c2ccc(=O)[nH]c2)CC1. The molecule has 0 unspecified atom stereocenters. The fourth-order valence-electron chi connectivity index (χ4n) is 2.58. The summed E-state index contributed by atoms with van der Waals surface area (Å²) in [4.78, 5) is 29.9. The van der Waals surface area contributed by atoms with E-state index in [1.807, 2.05) is 0 Å². The molecule has 1 amide bonds. The minimum atomic E-state index is -0.119. The molecule has 126 valence electrons. The van der Waals surface area contributed by atoms with E-state index < -0.39 is 0 Å². The normalized spacial score (nSPS) is 14.5. The highest BCUT2D eigenvalue weighted by Gasteiger charge is 2.21. The number of H-pyrrole nitrogens is 1. The van der Waals surface area contributed by atoms with Gasteiger partial charge >= 0.3 is 0 Å². The average molecular weight is 348 g/mol. The summed E-state index contributed by atoms with van der Waals surface area (Å²) in [7, 11) is 0. The summed E-state index contributed by atoms with van der Waals surface area (Å²) in [6.45, 7) is 2.71. The van der Waals surface area contributed by atoms with Gasteiger partial charge in [-0.15, -0.1) is 0 Å². The molecule has 1 N–H and O–H groups in total. The summed E-state index contributed by atoms with van der Waals surface area (Å²) in [6, 6.07) is 10.2. The van der Waals surface area contributed by atoms with Crippen LogP contribution in [0.2, 0.25) is 5.02 Å². The van der Waals surface area contributed by atoms with Crippen LogP contribution in [0.1, 0.15) is 0 Å². The van der Waals surface area contributed by atoms with Crippen molar-refractivity contribution < 1.29 is 9.53 Å². The van der Waals surface area contributed by atoms with Crippen molar-refractivity contribution in [2.24, 2.45) is 0 Å². The fourth-order valence-corrected chi connectivity index (χ4v) is 2.71. The van der Waals surface area contributed by atoms with Crippen LogP contribution in [0.5, 0.6) is 5.75 Å². The molecule has 1 aliphatic heterocycles. The summed E-state index contributed by atoms with van der Waals surface area (Å²) < 4.78 is 5.50. The monoisotopic (exact) mass is 347 g/mol. The highest BCUT2D eigenvalue weighted by molar-refractivity contribution is 6.30. The number of piperazine rings is 1. The Bertz CT molecular complexity index is 732. The quantitative estimate of drug-likeness (QED) is 0.915. The number of rotatable bonds is 4. The predicted molar refractivity (Wildman–Crippen MR) is 92.8 cm³/mol. The van der Waals surface area contributed by atoms with Crippen molar-refractivity contribution in [1.82, 2.24) is 9.88 Å². The van der Waals surface area contributed by atoms with E-state index in [1.165, 1.54) is 6.07 Å². The van der Waals surface area contributed by atoms with Crippen LogP contribution in [0.3, 0.4) is 0 Å². The Kier molecular flexibility index (Phi) is 5.05. The van der Waals surface area contributed by atoms with Crippen LogP contribution in [0.4, 0.5) is 5.69 Å². The zero-order valence-corrected chi connectivity index (χ0v) is 13.8. The fraction of sp³-hybridized carbons (Fsp3) is 0.294. The van der Waals surface area contributed by atoms with Gasteiger partial charge in [0, 0.05) is 43.5 Å². The van der Waals surface area contributed by atoms with Gasteiger partial charge in [-0.25, -0.2) is 0 Å². The van der Waals surface area contributed by atoms with Gasteiger partial charge in [0.15, 0.2) is 6.61 Å². The topological polar surface area (TPSA) is 65.6 Å². The lowest BCUT2D eigenvalue weighted by atomic mass is 10.2. The number of ether oxygens (including phenoxy) is 1. The first-order valence-corrected chi connectivity index (χ1v) is 8.09. The largest absolute Gasteiger partial charge is 0.484 e. The zero-order valence-electron chi connectivity index (χ0n) is 13.1. The molecule has 3 rings (SSSR count). The van der Waals surface area contributed by atoms with E-state index >= 15 is 0 Å². The minimum Gasteiger partial charge on any atom is -0.484 e. The first-order valence-electron chi connectivity index (χ1n) is 7.72. The van der Waals surface area contributed by atoms with Crippen molar-refractivity contribution >= 4 is 23.2 Å². The van der Waals surface area contributed by atoms with E-state index in [1.54, 1.807) is 41.4 Å². The number of nitrogens with one attached hydrogen (secondary N) is 1. The lowest BCUT2D eigenvalue weighted by molar-refractivity contribution is -0.133. The molecule has 1 aromatic heterocycles. The molecule has 0 bridgehead atoms. The molecule has 0 saturated carbocycles. The number of aromatic nitrogens is 1. The number of anilines is 1. The molecule has 1 aromatic carbocycles. The molecule has 0 radical (unpaired) electrons. The van der Waals surface area contributed by atoms with E-state index in [-0.39, 0.29) is 18.1 Å². The molecule has 6 nitrogen and oxygen atoms in total. The van der Waals surface area contributed by atoms with Crippen LogP contribution in [0, 0.1) is 0 Å². The number of benzene rings is 1. The van der Waals surface area contributed by atoms with Gasteiger partial charge < -0.3 is 19.5 Å². The number of pyridine rings is 1. The smallest absolute Gasteiger partial charge is 0.260 e. The van der Waals surface area contributed by atoms with Crippen molar-refractivity contribution in [2.45, 2.75) is 0 Å². The molecule has 1 fully saturated rings. The number of halogens is 1. The Morgan fingerprint density at radius 2 is 1.79 bits per heavy atom. The number of carbonyl (C=O) groups is 1. The summed E-state index contributed by atoms with van der Waals surface area (Å²) >= 11 is 5.81. The number of aromatic amines is 1. The van der Waals surface area contributed by atoms with E-state index in [2.05, 4.69) is 9.88 Å². The third kappa shape index (κ3) is 4.08. The summed E-state index contributed by atoms with van der Waals surface area (Å²) in [5.41, 5.74) is 0.839. The second-order valence-corrected chi connectivity index (χ2v) is 5.96. The molecule has 0 spiro atoms. The standard InChI is InChI=1S/C17H18ClN3O3/c18-13-1-4-15(5-2-13)24-12-17(23)21-9-7-20(8-10-21)14-3-6-16(22)19-11-14/h1-6,11H,7-10,12H2,(H,19,22). The number of hydrogen-bond donors (Lipinski definition) is 1. The molecule has 7 heteroatoms. The third-order valence-corrected chi connectivity index (χ3v) is 4.19. The number of carbonyl (C=O) groups excluding carboxylic acids is 1. The van der Waals surface area contributed by atoms with Crippen LogP contribution in [-0.2, 0) is 4.79 Å². The van der Waals surface area contributed by atoms with Gasteiger partial charge in [-0.2, -0.15) is 0 Å². The number of hydrogen-bond acceptors (Lipinski definition) is 4. The summed E-state index contributed by atoms with van der Waals surface area (Å²) in [5.74, 6) is 0.589. The predicted octanol–water partition coefficient (Wildman–Crippen LogP) is 1.76. The summed E-state index contributed by atoms with van der Waals surface area (Å²) in [5, 5.41) is 0.632. The van der Waals surface area contributed by atoms with Gasteiger partial charge in [-0.05, 0) is 30.3 Å². The molecule has 2 heterocycles. The van der Waals surface area contributed by atoms with Crippen LogP contribution in [0.25, 0.3) is 0 Å². The number of amides is 1. The van der Waals surface area contributed by atoms with Crippen LogP contribution < -0.4 is 15.2 Å². The first kappa shape index (κ1) is 16.4. The van der Waals surface area contributed by atoms with Crippen LogP contribution in [0.15, 0.2) is 47.4 Å². The van der Waals surface area contributed by atoms with Crippen molar-refractivity contribution in [3.8, 4) is 5.75 Å². The molecule has 24 heavy (non-hydrogen) atoms. The Balaban J connectivity index is 1.48. The van der Waals surface area contributed by atoms with Crippen LogP contribution in [-0.4, -0.2) is 48.6 Å². The minimum absolute atomic E-state index is 0.0142. The second-order valence-electron chi connectivity index (χ2n) is 5.52. The van der Waals surface area contributed by atoms with Crippen molar-refractivity contribution in [2.75, 3.05) is 37.7 Å². The molecule has 0 atom stereocenters. The van der Waals surface area contributed by atoms with Crippen LogP contribution >= 0.6 is 11.6 Å². The zero-order chi connectivity index (χ0) is 16.9. The first-order chi connectivity index (χ1) is 11.6. The Morgan fingerprint density at radius 3 is 2.42 bits per heavy atom. The van der Waals surface area contributed by atoms with Gasteiger partial charge in [0.1, 0.15) is 5.75 Å². The molecule has 1 saturated heterocycles. The van der Waals surface area contributed by atoms with Gasteiger partial charge in [0.25, 0.3) is 5.91 Å². The Labute approximate surface area is 144 Å². The maximum Gasteiger partial charge on any atom is 0.260 e. The van der Waals surface area contributed by atoms with Gasteiger partial charge in [0.05, 0.1) is 5.69 Å². The van der Waals surface area contributed by atoms with E-state index in [9.17, 15) is 9.59 Å². The van der Waals surface area contributed by atoms with Crippen molar-refractivity contribution in [3.05, 3.63) is 58.0 Å². The Hall–Kier alpha value is -2.47. The maximum atomic E-state index is 12.2. The molecular formula is C17H18ClN3O3. The maximum absolute atomic E-state index is 12.2. The highest BCUT2D eigenvalue weighted by atomic mass is 35.5. The molecule has 0 aliphatic carbocycles. The average Bonchev–Trinajstić information content (AvgIpc) is 2.62. The van der Waals surface area contributed by atoms with Gasteiger partial charge in [0.2, 0.25) is 5.56 Å². The number of nitrogens with zero attached hydrogens (tertiary/aromatic N) is 2. The van der Waals surface area contributed by atoms with Gasteiger partial charge in [-0.3, -0.25) is 9.59 Å². The second kappa shape index (κ2) is 7.40. The third-order valence-electron chi connectivity index (χ3n) is 3.94. The van der Waals surface area contributed by atoms with E-state index in [4.69, 9.17) is 16.3 Å². The van der Waals surface area contributed by atoms with Crippen molar-refractivity contribution in [1.29, 1.82) is 0 Å². The Morgan fingerprint density at radius 1 is 1.08 bits per heavy atom. The molecular weight excluding hydrogens is 330 g/mol. The molecule has 1 aliphatic rings. The van der Waals surface area contributed by atoms with E-state index in [0.29, 0.717) is 23.9 Å².